The molecule has 0 unspecified atom stereocenters. The number of carbonyl (C=O) groups is 3. The number of carboxylic acid groups (broad SMARTS) is 1. The Morgan fingerprint density at radius 3 is 2.32 bits per heavy atom. The molecule has 6 nitrogen and oxygen atoms in total. The van der Waals surface area contributed by atoms with Crippen LogP contribution in [0.1, 0.15) is 44.7 Å². The normalized spacial score (nSPS) is 13.0. The molecule has 2 atom stereocenters. The molecular formula is C16H22N2O4. The second-order valence-corrected chi connectivity index (χ2v) is 5.11. The lowest BCUT2D eigenvalue weighted by atomic mass is 10.0. The van der Waals surface area contributed by atoms with Crippen molar-refractivity contribution in [3.63, 3.8) is 0 Å². The summed E-state index contributed by atoms with van der Waals surface area (Å²) >= 11 is 0. The largest absolute Gasteiger partial charge is 0.465 e. The van der Waals surface area contributed by atoms with E-state index in [2.05, 4.69) is 10.6 Å². The molecule has 0 bridgehead atoms. The quantitative estimate of drug-likeness (QED) is 0.642. The maximum absolute atomic E-state index is 12.1. The first-order valence-corrected chi connectivity index (χ1v) is 7.34. The van der Waals surface area contributed by atoms with Gasteiger partial charge in [0, 0.05) is 0 Å². The van der Waals surface area contributed by atoms with Crippen LogP contribution < -0.4 is 10.6 Å². The number of rotatable bonds is 8. The molecule has 1 aromatic carbocycles. The first-order valence-electron chi connectivity index (χ1n) is 7.34. The molecule has 0 aliphatic rings. The van der Waals surface area contributed by atoms with E-state index in [-0.39, 0.29) is 6.04 Å². The third-order valence-corrected chi connectivity index (χ3v) is 3.33. The van der Waals surface area contributed by atoms with E-state index in [0.29, 0.717) is 12.8 Å². The summed E-state index contributed by atoms with van der Waals surface area (Å²) in [4.78, 5) is 34.9. The van der Waals surface area contributed by atoms with Crippen molar-refractivity contribution in [2.24, 2.45) is 0 Å². The maximum Gasteiger partial charge on any atom is 0.405 e. The zero-order chi connectivity index (χ0) is 16.5. The minimum atomic E-state index is -1.31. The molecule has 0 aromatic heterocycles. The Kier molecular flexibility index (Phi) is 7.08. The Labute approximate surface area is 129 Å². The fourth-order valence-corrected chi connectivity index (χ4v) is 2.08. The van der Waals surface area contributed by atoms with E-state index in [9.17, 15) is 14.4 Å². The van der Waals surface area contributed by atoms with Gasteiger partial charge < -0.3 is 15.7 Å². The van der Waals surface area contributed by atoms with Crippen molar-refractivity contribution in [2.45, 2.75) is 45.2 Å². The predicted molar refractivity (Wildman–Crippen MR) is 82.5 cm³/mol. The lowest BCUT2D eigenvalue weighted by molar-refractivity contribution is -0.139. The second kappa shape index (κ2) is 8.81. The van der Waals surface area contributed by atoms with Crippen LogP contribution in [0.5, 0.6) is 0 Å². The molecule has 6 heteroatoms. The Morgan fingerprint density at radius 2 is 1.77 bits per heavy atom. The summed E-state index contributed by atoms with van der Waals surface area (Å²) in [5, 5.41) is 13.5. The fourth-order valence-electron chi connectivity index (χ4n) is 2.08. The second-order valence-electron chi connectivity index (χ2n) is 5.11. The molecule has 2 amide bonds. The van der Waals surface area contributed by atoms with Crippen molar-refractivity contribution in [2.75, 3.05) is 0 Å². The monoisotopic (exact) mass is 306 g/mol. The first kappa shape index (κ1) is 17.7. The van der Waals surface area contributed by atoms with E-state index in [4.69, 9.17) is 5.11 Å². The van der Waals surface area contributed by atoms with Crippen LogP contribution in [0.15, 0.2) is 30.3 Å². The first-order chi connectivity index (χ1) is 10.5. The average Bonchev–Trinajstić information content (AvgIpc) is 2.51. The summed E-state index contributed by atoms with van der Waals surface area (Å²) in [5.41, 5.74) is 0.875. The Bertz CT molecular complexity index is 516. The average molecular weight is 306 g/mol. The topological polar surface area (TPSA) is 95.5 Å². The minimum Gasteiger partial charge on any atom is -0.465 e. The molecule has 1 rings (SSSR count). The highest BCUT2D eigenvalue weighted by molar-refractivity contribution is 6.38. The zero-order valence-electron chi connectivity index (χ0n) is 12.8. The highest BCUT2D eigenvalue weighted by Crippen LogP contribution is 2.11. The van der Waals surface area contributed by atoms with E-state index in [1.807, 2.05) is 37.3 Å². The van der Waals surface area contributed by atoms with Gasteiger partial charge in [0.25, 0.3) is 5.91 Å². The smallest absolute Gasteiger partial charge is 0.405 e. The van der Waals surface area contributed by atoms with E-state index in [1.165, 1.54) is 0 Å². The Balaban J connectivity index is 2.68. The van der Waals surface area contributed by atoms with Gasteiger partial charge in [0.05, 0.1) is 6.04 Å². The summed E-state index contributed by atoms with van der Waals surface area (Å²) in [6.07, 6.45) is 0.485. The van der Waals surface area contributed by atoms with Crippen molar-refractivity contribution in [3.8, 4) is 0 Å². The van der Waals surface area contributed by atoms with E-state index in [0.717, 1.165) is 12.0 Å². The SMILES string of the molecule is CCCC[C@@H](NC(=O)O)C(=O)C(=O)N[C@H](C)c1ccccc1. The zero-order valence-corrected chi connectivity index (χ0v) is 12.8. The molecule has 120 valence electrons. The number of unbranched alkanes of at least 4 members (excludes halogenated alkanes) is 1. The molecule has 0 spiro atoms. The van der Waals surface area contributed by atoms with Crippen LogP contribution in [0.3, 0.4) is 0 Å². The van der Waals surface area contributed by atoms with Crippen LogP contribution in [0, 0.1) is 0 Å². The van der Waals surface area contributed by atoms with Gasteiger partial charge in [0.2, 0.25) is 5.78 Å². The predicted octanol–water partition coefficient (Wildman–Crippen LogP) is 2.26. The molecule has 0 aliphatic carbocycles. The summed E-state index contributed by atoms with van der Waals surface area (Å²) in [7, 11) is 0. The molecule has 0 saturated carbocycles. The highest BCUT2D eigenvalue weighted by Gasteiger charge is 2.27. The summed E-state index contributed by atoms with van der Waals surface area (Å²) in [6, 6.07) is 7.92. The molecule has 3 N–H and O–H groups in total. The van der Waals surface area contributed by atoms with Crippen LogP contribution >= 0.6 is 0 Å². The van der Waals surface area contributed by atoms with Gasteiger partial charge in [-0.3, -0.25) is 9.59 Å². The highest BCUT2D eigenvalue weighted by atomic mass is 16.4. The molecule has 0 saturated heterocycles. The van der Waals surface area contributed by atoms with Gasteiger partial charge >= 0.3 is 6.09 Å². The summed E-state index contributed by atoms with van der Waals surface area (Å²) < 4.78 is 0. The van der Waals surface area contributed by atoms with E-state index in [1.54, 1.807) is 6.92 Å². The van der Waals surface area contributed by atoms with Gasteiger partial charge in [-0.1, -0.05) is 50.1 Å². The lowest BCUT2D eigenvalue weighted by Crippen LogP contribution is -2.47. The van der Waals surface area contributed by atoms with Crippen LogP contribution in [0.4, 0.5) is 4.79 Å². The molecule has 1 aromatic rings. The maximum atomic E-state index is 12.1. The van der Waals surface area contributed by atoms with Crippen LogP contribution in [0.25, 0.3) is 0 Å². The Hall–Kier alpha value is -2.37. The van der Waals surface area contributed by atoms with Gasteiger partial charge in [0.1, 0.15) is 6.04 Å². The third-order valence-electron chi connectivity index (χ3n) is 3.33. The number of benzene rings is 1. The molecule has 0 aliphatic heterocycles. The molecule has 0 heterocycles. The molecule has 0 radical (unpaired) electrons. The third kappa shape index (κ3) is 5.55. The number of carbonyl (C=O) groups excluding carboxylic acids is 2. The van der Waals surface area contributed by atoms with Gasteiger partial charge in [-0.15, -0.1) is 0 Å². The number of Topliss-reactive ketones (excluding diaryl/α,β-unsaturated/α-hetero) is 1. The number of amides is 2. The van der Waals surface area contributed by atoms with Crippen LogP contribution in [-0.4, -0.2) is 28.9 Å². The van der Waals surface area contributed by atoms with Crippen LogP contribution in [-0.2, 0) is 9.59 Å². The van der Waals surface area contributed by atoms with Gasteiger partial charge in [-0.2, -0.15) is 0 Å². The minimum absolute atomic E-state index is 0.314. The molecular weight excluding hydrogens is 284 g/mol. The van der Waals surface area contributed by atoms with Crippen molar-refractivity contribution >= 4 is 17.8 Å². The Morgan fingerprint density at radius 1 is 1.14 bits per heavy atom. The number of hydrogen-bond donors (Lipinski definition) is 3. The van der Waals surface area contributed by atoms with Crippen molar-refractivity contribution < 1.29 is 19.5 Å². The van der Waals surface area contributed by atoms with E-state index < -0.39 is 23.8 Å². The van der Waals surface area contributed by atoms with Gasteiger partial charge in [-0.05, 0) is 18.9 Å². The van der Waals surface area contributed by atoms with E-state index >= 15 is 0 Å². The molecule has 22 heavy (non-hydrogen) atoms. The number of nitrogens with one attached hydrogen (secondary N) is 2. The molecule has 0 fully saturated rings. The van der Waals surface area contributed by atoms with Crippen molar-refractivity contribution in [1.82, 2.24) is 10.6 Å². The fraction of sp³-hybridized carbons (Fsp3) is 0.438. The van der Waals surface area contributed by atoms with Gasteiger partial charge in [-0.25, -0.2) is 4.79 Å². The van der Waals surface area contributed by atoms with Crippen molar-refractivity contribution in [3.05, 3.63) is 35.9 Å². The number of ketones is 1. The lowest BCUT2D eigenvalue weighted by Gasteiger charge is -2.18. The number of hydrogen-bond acceptors (Lipinski definition) is 3. The van der Waals surface area contributed by atoms with Crippen LogP contribution in [0.2, 0.25) is 0 Å². The summed E-state index contributed by atoms with van der Waals surface area (Å²) in [6.45, 7) is 3.70. The van der Waals surface area contributed by atoms with Gasteiger partial charge in [0.15, 0.2) is 0 Å². The van der Waals surface area contributed by atoms with Crippen molar-refractivity contribution in [1.29, 1.82) is 0 Å². The summed E-state index contributed by atoms with van der Waals surface area (Å²) in [5.74, 6) is -1.52. The standard InChI is InChI=1S/C16H22N2O4/c1-3-4-10-13(18-16(21)22)14(19)15(20)17-11(2)12-8-6-5-7-9-12/h5-9,11,13,18H,3-4,10H2,1-2H3,(H,17,20)(H,21,22)/t11-,13-/m1/s1.